The molecule has 2 aromatic carbocycles. The van der Waals surface area contributed by atoms with E-state index in [9.17, 15) is 0 Å². The van der Waals surface area contributed by atoms with E-state index in [1.54, 1.807) is 0 Å². The van der Waals surface area contributed by atoms with E-state index in [0.717, 1.165) is 6.54 Å². The molecule has 16 heavy (non-hydrogen) atoms. The molecule has 0 spiro atoms. The lowest BCUT2D eigenvalue weighted by Crippen LogP contribution is -2.14. The molecule has 1 nitrogen and oxygen atoms in total. The van der Waals surface area contributed by atoms with Crippen LogP contribution >= 0.6 is 11.8 Å². The number of hydrogen-bond donors (Lipinski definition) is 1. The number of fused-ring (bicyclic) bond motifs is 1. The Hall–Kier alpha value is -1.41. The average Bonchev–Trinajstić information content (AvgIpc) is 2.39. The van der Waals surface area contributed by atoms with Crippen LogP contribution in [0.15, 0.2) is 59.5 Å². The lowest BCUT2D eigenvalue weighted by molar-refractivity contribution is 0.964. The molecule has 1 atom stereocenters. The summed E-state index contributed by atoms with van der Waals surface area (Å²) in [4.78, 5) is 1.35. The van der Waals surface area contributed by atoms with Crippen molar-refractivity contribution in [2.45, 2.75) is 10.1 Å². The maximum Gasteiger partial charge on any atom is 0.0517 e. The number of rotatable bonds is 1. The number of nitrogens with one attached hydrogen (secondary N) is 1. The zero-order chi connectivity index (χ0) is 10.8. The molecule has 1 N–H and O–H groups in total. The molecule has 80 valence electrons. The molecule has 1 aliphatic rings. The van der Waals surface area contributed by atoms with Crippen LogP contribution in [0.1, 0.15) is 10.8 Å². The predicted molar refractivity (Wildman–Crippen MR) is 70.0 cm³/mol. The van der Waals surface area contributed by atoms with Gasteiger partial charge in [0.1, 0.15) is 0 Å². The monoisotopic (exact) mass is 227 g/mol. The van der Waals surface area contributed by atoms with Crippen molar-refractivity contribution >= 4 is 17.4 Å². The first-order valence-electron chi connectivity index (χ1n) is 5.48. The van der Waals surface area contributed by atoms with Crippen molar-refractivity contribution in [3.05, 3.63) is 60.2 Å². The normalized spacial score (nSPS) is 18.6. The van der Waals surface area contributed by atoms with Crippen LogP contribution in [-0.4, -0.2) is 6.54 Å². The van der Waals surface area contributed by atoms with Gasteiger partial charge < -0.3 is 5.32 Å². The molecule has 2 aromatic rings. The number of benzene rings is 2. The summed E-state index contributed by atoms with van der Waals surface area (Å²) in [6, 6.07) is 19.2. The number of thioether (sulfide) groups is 1. The van der Waals surface area contributed by atoms with Crippen LogP contribution in [0.3, 0.4) is 0 Å². The van der Waals surface area contributed by atoms with Crippen molar-refractivity contribution in [2.75, 3.05) is 11.9 Å². The maximum absolute atomic E-state index is 3.49. The molecular formula is C14H13NS. The number of para-hydroxylation sites is 1. The summed E-state index contributed by atoms with van der Waals surface area (Å²) in [5.74, 6) is 0. The van der Waals surface area contributed by atoms with Gasteiger partial charge in [-0.1, -0.05) is 42.5 Å². The molecule has 1 heterocycles. The Morgan fingerprint density at radius 3 is 2.56 bits per heavy atom. The summed E-state index contributed by atoms with van der Waals surface area (Å²) >= 11 is 1.95. The highest BCUT2D eigenvalue weighted by Gasteiger charge is 2.19. The lowest BCUT2D eigenvalue weighted by Gasteiger charge is -2.25. The first-order chi connectivity index (χ1) is 7.93. The minimum absolute atomic E-state index is 0.524. The van der Waals surface area contributed by atoms with Crippen LogP contribution in [0.4, 0.5) is 5.69 Å². The van der Waals surface area contributed by atoms with E-state index in [1.165, 1.54) is 16.1 Å². The number of anilines is 1. The third-order valence-electron chi connectivity index (χ3n) is 2.81. The molecule has 0 unspecified atom stereocenters. The standard InChI is InChI=1S/C14H13NS/c1-2-6-11(7-3-1)14-10-15-12-8-4-5-9-13(12)16-14/h1-9,14-15H,10H2/t14-/m1/s1. The predicted octanol–water partition coefficient (Wildman–Crippen LogP) is 3.95. The molecule has 1 aliphatic heterocycles. The van der Waals surface area contributed by atoms with Gasteiger partial charge in [-0.2, -0.15) is 0 Å². The fourth-order valence-corrected chi connectivity index (χ4v) is 3.16. The molecule has 0 radical (unpaired) electrons. The first kappa shape index (κ1) is 9.79. The summed E-state index contributed by atoms with van der Waals surface area (Å²) in [6.45, 7) is 1.01. The Morgan fingerprint density at radius 1 is 0.938 bits per heavy atom. The Bertz CT molecular complexity index is 481. The second-order valence-electron chi connectivity index (χ2n) is 3.89. The summed E-state index contributed by atoms with van der Waals surface area (Å²) in [5, 5.41) is 4.01. The second-order valence-corrected chi connectivity index (χ2v) is 5.14. The van der Waals surface area contributed by atoms with Crippen LogP contribution in [0.2, 0.25) is 0 Å². The smallest absolute Gasteiger partial charge is 0.0517 e. The Morgan fingerprint density at radius 2 is 1.69 bits per heavy atom. The number of hydrogen-bond acceptors (Lipinski definition) is 2. The average molecular weight is 227 g/mol. The van der Waals surface area contributed by atoms with E-state index >= 15 is 0 Å². The molecule has 0 amide bonds. The van der Waals surface area contributed by atoms with Crippen LogP contribution in [-0.2, 0) is 0 Å². The van der Waals surface area contributed by atoms with E-state index in [1.807, 2.05) is 11.8 Å². The van der Waals surface area contributed by atoms with Crippen LogP contribution in [0.25, 0.3) is 0 Å². The van der Waals surface area contributed by atoms with Gasteiger partial charge in [0.25, 0.3) is 0 Å². The van der Waals surface area contributed by atoms with Crippen molar-refractivity contribution in [1.29, 1.82) is 0 Å². The van der Waals surface area contributed by atoms with E-state index in [2.05, 4.69) is 59.9 Å². The molecule has 0 aromatic heterocycles. The van der Waals surface area contributed by atoms with Crippen molar-refractivity contribution in [3.63, 3.8) is 0 Å². The second kappa shape index (κ2) is 4.22. The fraction of sp³-hybridized carbons (Fsp3) is 0.143. The van der Waals surface area contributed by atoms with Crippen molar-refractivity contribution in [3.8, 4) is 0 Å². The van der Waals surface area contributed by atoms with Crippen molar-refractivity contribution in [1.82, 2.24) is 0 Å². The topological polar surface area (TPSA) is 12.0 Å². The highest BCUT2D eigenvalue weighted by molar-refractivity contribution is 7.99. The minimum atomic E-state index is 0.524. The molecule has 0 aliphatic carbocycles. The minimum Gasteiger partial charge on any atom is -0.383 e. The van der Waals surface area contributed by atoms with Gasteiger partial charge in [0, 0.05) is 17.1 Å². The van der Waals surface area contributed by atoms with Gasteiger partial charge in [-0.05, 0) is 17.7 Å². The Balaban J connectivity index is 1.89. The summed E-state index contributed by atoms with van der Waals surface area (Å²) in [5.41, 5.74) is 2.66. The maximum atomic E-state index is 3.49. The van der Waals surface area contributed by atoms with Gasteiger partial charge in [0.15, 0.2) is 0 Å². The third kappa shape index (κ3) is 1.81. The van der Waals surface area contributed by atoms with Crippen LogP contribution in [0.5, 0.6) is 0 Å². The van der Waals surface area contributed by atoms with E-state index in [4.69, 9.17) is 0 Å². The molecule has 0 fully saturated rings. The molecule has 0 bridgehead atoms. The first-order valence-corrected chi connectivity index (χ1v) is 6.36. The van der Waals surface area contributed by atoms with E-state index < -0.39 is 0 Å². The van der Waals surface area contributed by atoms with E-state index in [-0.39, 0.29) is 0 Å². The van der Waals surface area contributed by atoms with Crippen molar-refractivity contribution < 1.29 is 0 Å². The molecule has 0 saturated carbocycles. The molecule has 0 saturated heterocycles. The van der Waals surface area contributed by atoms with Gasteiger partial charge in [-0.15, -0.1) is 11.8 Å². The van der Waals surface area contributed by atoms with Crippen LogP contribution in [0, 0.1) is 0 Å². The summed E-state index contributed by atoms with van der Waals surface area (Å²) in [7, 11) is 0. The van der Waals surface area contributed by atoms with E-state index in [0.29, 0.717) is 5.25 Å². The highest BCUT2D eigenvalue weighted by atomic mass is 32.2. The quantitative estimate of drug-likeness (QED) is 0.791. The van der Waals surface area contributed by atoms with Gasteiger partial charge in [0.2, 0.25) is 0 Å². The zero-order valence-corrected chi connectivity index (χ0v) is 9.71. The SMILES string of the molecule is c1ccc([C@H]2CNc3ccccc3S2)cc1. The molecule has 2 heteroatoms. The molecule has 3 rings (SSSR count). The summed E-state index contributed by atoms with van der Waals surface area (Å²) in [6.07, 6.45) is 0. The highest BCUT2D eigenvalue weighted by Crippen LogP contribution is 2.42. The van der Waals surface area contributed by atoms with Crippen molar-refractivity contribution in [2.24, 2.45) is 0 Å². The van der Waals surface area contributed by atoms with Gasteiger partial charge in [-0.25, -0.2) is 0 Å². The Labute approximate surface area is 99.9 Å². The molecular weight excluding hydrogens is 214 g/mol. The lowest BCUT2D eigenvalue weighted by atomic mass is 10.1. The Kier molecular flexibility index (Phi) is 2.58. The largest absolute Gasteiger partial charge is 0.383 e. The fourth-order valence-electron chi connectivity index (χ4n) is 1.97. The van der Waals surface area contributed by atoms with Gasteiger partial charge in [0.05, 0.1) is 5.25 Å². The van der Waals surface area contributed by atoms with Gasteiger partial charge >= 0.3 is 0 Å². The van der Waals surface area contributed by atoms with Crippen LogP contribution < -0.4 is 5.32 Å². The summed E-state index contributed by atoms with van der Waals surface area (Å²) < 4.78 is 0. The van der Waals surface area contributed by atoms with Gasteiger partial charge in [-0.3, -0.25) is 0 Å². The third-order valence-corrected chi connectivity index (χ3v) is 4.14. The zero-order valence-electron chi connectivity index (χ0n) is 8.89.